The summed E-state index contributed by atoms with van der Waals surface area (Å²) in [5, 5.41) is 3.13. The van der Waals surface area contributed by atoms with E-state index in [2.05, 4.69) is 29.2 Å². The van der Waals surface area contributed by atoms with Crippen LogP contribution in [-0.4, -0.2) is 111 Å². The Balaban J connectivity index is 1.65. The molecule has 0 saturated carbocycles. The SMILES string of the molecule is CCOC(=O)N1CCC(NC(=O)N2CCN(CCN(C)C)CC2)CC1. The van der Waals surface area contributed by atoms with Crippen molar-refractivity contribution in [2.75, 3.05) is 73.1 Å². The van der Waals surface area contributed by atoms with Gasteiger partial charge in [0.05, 0.1) is 6.61 Å². The van der Waals surface area contributed by atoms with Crippen LogP contribution in [0, 0.1) is 0 Å². The number of nitrogens with zero attached hydrogens (tertiary/aromatic N) is 4. The standard InChI is InChI=1S/C17H33N5O3/c1-4-25-17(24)22-7-5-15(6-8-22)18-16(23)21-13-11-20(12-14-21)10-9-19(2)3/h15H,4-14H2,1-3H3,(H,18,23). The molecule has 0 bridgehead atoms. The largest absolute Gasteiger partial charge is 0.450 e. The number of amides is 3. The number of carbonyl (C=O) groups excluding carboxylic acids is 2. The fourth-order valence-corrected chi connectivity index (χ4v) is 3.20. The van der Waals surface area contributed by atoms with Crippen molar-refractivity contribution in [2.45, 2.75) is 25.8 Å². The fraction of sp³-hybridized carbons (Fsp3) is 0.882. The summed E-state index contributed by atoms with van der Waals surface area (Å²) < 4.78 is 5.02. The zero-order valence-corrected chi connectivity index (χ0v) is 15.9. The lowest BCUT2D eigenvalue weighted by Gasteiger charge is -2.37. The first-order chi connectivity index (χ1) is 12.0. The summed E-state index contributed by atoms with van der Waals surface area (Å²) >= 11 is 0. The van der Waals surface area contributed by atoms with Crippen LogP contribution in [0.15, 0.2) is 0 Å². The number of hydrogen-bond acceptors (Lipinski definition) is 5. The molecular weight excluding hydrogens is 322 g/mol. The highest BCUT2D eigenvalue weighted by molar-refractivity contribution is 5.74. The number of likely N-dealkylation sites (N-methyl/N-ethyl adjacent to an activating group) is 1. The number of likely N-dealkylation sites (tertiary alicyclic amines) is 1. The van der Waals surface area contributed by atoms with Gasteiger partial charge in [0, 0.05) is 58.4 Å². The predicted octanol–water partition coefficient (Wildman–Crippen LogP) is 0.496. The van der Waals surface area contributed by atoms with E-state index in [0.717, 1.165) is 52.1 Å². The number of piperazine rings is 1. The normalized spacial score (nSPS) is 20.0. The van der Waals surface area contributed by atoms with Crippen LogP contribution in [0.5, 0.6) is 0 Å². The van der Waals surface area contributed by atoms with Crippen LogP contribution >= 0.6 is 0 Å². The zero-order chi connectivity index (χ0) is 18.2. The molecule has 0 aromatic heterocycles. The number of rotatable bonds is 5. The van der Waals surface area contributed by atoms with Gasteiger partial charge in [0.15, 0.2) is 0 Å². The van der Waals surface area contributed by atoms with Gasteiger partial charge in [0.1, 0.15) is 0 Å². The van der Waals surface area contributed by atoms with Crippen LogP contribution in [0.4, 0.5) is 9.59 Å². The van der Waals surface area contributed by atoms with E-state index in [1.54, 1.807) is 4.90 Å². The van der Waals surface area contributed by atoms with Gasteiger partial charge in [-0.2, -0.15) is 0 Å². The van der Waals surface area contributed by atoms with Gasteiger partial charge in [-0.25, -0.2) is 9.59 Å². The van der Waals surface area contributed by atoms with Crippen LogP contribution < -0.4 is 5.32 Å². The minimum atomic E-state index is -0.249. The molecule has 2 saturated heterocycles. The summed E-state index contributed by atoms with van der Waals surface area (Å²) in [4.78, 5) is 32.4. The first-order valence-electron chi connectivity index (χ1n) is 9.33. The van der Waals surface area contributed by atoms with Gasteiger partial charge < -0.3 is 24.8 Å². The van der Waals surface area contributed by atoms with E-state index in [4.69, 9.17) is 4.74 Å². The number of piperidine rings is 1. The Morgan fingerprint density at radius 3 is 2.24 bits per heavy atom. The topological polar surface area (TPSA) is 68.4 Å². The zero-order valence-electron chi connectivity index (χ0n) is 15.9. The van der Waals surface area contributed by atoms with E-state index in [1.165, 1.54) is 0 Å². The Morgan fingerprint density at radius 1 is 1.04 bits per heavy atom. The first kappa shape index (κ1) is 19.8. The van der Waals surface area contributed by atoms with Crippen molar-refractivity contribution in [3.05, 3.63) is 0 Å². The molecule has 0 aromatic carbocycles. The van der Waals surface area contributed by atoms with Gasteiger partial charge in [0.25, 0.3) is 0 Å². The van der Waals surface area contributed by atoms with Crippen LogP contribution in [0.25, 0.3) is 0 Å². The molecule has 0 atom stereocenters. The van der Waals surface area contributed by atoms with Crippen LogP contribution in [0.3, 0.4) is 0 Å². The lowest BCUT2D eigenvalue weighted by Crippen LogP contribution is -2.55. The molecule has 0 spiro atoms. The summed E-state index contributed by atoms with van der Waals surface area (Å²) in [6, 6.07) is 0.173. The van der Waals surface area contributed by atoms with Crippen molar-refractivity contribution >= 4 is 12.1 Å². The third-order valence-corrected chi connectivity index (χ3v) is 4.87. The molecule has 2 rings (SSSR count). The first-order valence-corrected chi connectivity index (χ1v) is 9.33. The molecule has 3 amide bonds. The molecule has 8 heteroatoms. The maximum Gasteiger partial charge on any atom is 0.409 e. The van der Waals surface area contributed by atoms with E-state index >= 15 is 0 Å². The number of hydrogen-bond donors (Lipinski definition) is 1. The number of nitrogens with one attached hydrogen (secondary N) is 1. The van der Waals surface area contributed by atoms with Crippen LogP contribution in [-0.2, 0) is 4.74 Å². The highest BCUT2D eigenvalue weighted by Crippen LogP contribution is 2.12. The van der Waals surface area contributed by atoms with E-state index < -0.39 is 0 Å². The molecule has 0 aliphatic carbocycles. The second kappa shape index (κ2) is 9.82. The van der Waals surface area contributed by atoms with E-state index in [1.807, 2.05) is 11.8 Å². The van der Waals surface area contributed by atoms with E-state index in [9.17, 15) is 9.59 Å². The summed E-state index contributed by atoms with van der Waals surface area (Å²) in [7, 11) is 4.16. The monoisotopic (exact) mass is 355 g/mol. The van der Waals surface area contributed by atoms with Gasteiger partial charge in [-0.15, -0.1) is 0 Å². The van der Waals surface area contributed by atoms with Crippen molar-refractivity contribution < 1.29 is 14.3 Å². The van der Waals surface area contributed by atoms with Crippen molar-refractivity contribution in [1.29, 1.82) is 0 Å². The molecule has 2 aliphatic heterocycles. The number of ether oxygens (including phenoxy) is 1. The fourth-order valence-electron chi connectivity index (χ4n) is 3.20. The van der Waals surface area contributed by atoms with Gasteiger partial charge in [-0.05, 0) is 33.9 Å². The van der Waals surface area contributed by atoms with E-state index in [-0.39, 0.29) is 18.2 Å². The maximum absolute atomic E-state index is 12.4. The molecule has 0 aromatic rings. The Hall–Kier alpha value is -1.54. The summed E-state index contributed by atoms with van der Waals surface area (Å²) in [5.41, 5.74) is 0. The molecule has 0 radical (unpaired) electrons. The molecule has 1 N–H and O–H groups in total. The highest BCUT2D eigenvalue weighted by Gasteiger charge is 2.27. The number of carbonyl (C=O) groups is 2. The van der Waals surface area contributed by atoms with Gasteiger partial charge in [0.2, 0.25) is 0 Å². The van der Waals surface area contributed by atoms with Crippen LogP contribution in [0.2, 0.25) is 0 Å². The Bertz CT molecular complexity index is 430. The van der Waals surface area contributed by atoms with E-state index in [0.29, 0.717) is 19.7 Å². The lowest BCUT2D eigenvalue weighted by atomic mass is 10.1. The quantitative estimate of drug-likeness (QED) is 0.778. The second-order valence-electron chi connectivity index (χ2n) is 7.04. The molecule has 144 valence electrons. The van der Waals surface area contributed by atoms with Crippen molar-refractivity contribution in [2.24, 2.45) is 0 Å². The summed E-state index contributed by atoms with van der Waals surface area (Å²) in [6.07, 6.45) is 1.32. The van der Waals surface area contributed by atoms with Gasteiger partial charge >= 0.3 is 12.1 Å². The van der Waals surface area contributed by atoms with Gasteiger partial charge in [-0.3, -0.25) is 4.90 Å². The van der Waals surface area contributed by atoms with Crippen LogP contribution in [0.1, 0.15) is 19.8 Å². The third kappa shape index (κ3) is 6.36. The minimum Gasteiger partial charge on any atom is -0.450 e. The maximum atomic E-state index is 12.4. The van der Waals surface area contributed by atoms with Crippen molar-refractivity contribution in [3.8, 4) is 0 Å². The summed E-state index contributed by atoms with van der Waals surface area (Å²) in [5.74, 6) is 0. The average Bonchev–Trinajstić information content (AvgIpc) is 2.61. The third-order valence-electron chi connectivity index (χ3n) is 4.87. The molecule has 0 unspecified atom stereocenters. The van der Waals surface area contributed by atoms with Crippen molar-refractivity contribution in [1.82, 2.24) is 24.9 Å². The molecule has 2 fully saturated rings. The average molecular weight is 355 g/mol. The minimum absolute atomic E-state index is 0.0295. The Labute approximate surface area is 151 Å². The molecule has 2 heterocycles. The Morgan fingerprint density at radius 2 is 1.68 bits per heavy atom. The smallest absolute Gasteiger partial charge is 0.409 e. The Kier molecular flexibility index (Phi) is 7.77. The predicted molar refractivity (Wildman–Crippen MR) is 96.7 cm³/mol. The second-order valence-corrected chi connectivity index (χ2v) is 7.04. The summed E-state index contributed by atoms with van der Waals surface area (Å²) in [6.45, 7) is 9.01. The molecule has 8 nitrogen and oxygen atoms in total. The van der Waals surface area contributed by atoms with Gasteiger partial charge in [-0.1, -0.05) is 0 Å². The van der Waals surface area contributed by atoms with Crippen molar-refractivity contribution in [3.63, 3.8) is 0 Å². The highest BCUT2D eigenvalue weighted by atomic mass is 16.6. The lowest BCUT2D eigenvalue weighted by molar-refractivity contribution is 0.0939. The number of urea groups is 1. The molecule has 25 heavy (non-hydrogen) atoms. The molecular formula is C17H33N5O3. The molecule has 2 aliphatic rings.